The van der Waals surface area contributed by atoms with E-state index in [-0.39, 0.29) is 13.2 Å². The summed E-state index contributed by atoms with van der Waals surface area (Å²) in [6.07, 6.45) is 2.49. The standard InChI is InChI=1S/C17H23NO5/c1-5-6-12-7-8-13(14(9-12)22-4)23-10-15(19)18-11-17(2,3)16(20)21/h5,7-9H,1,6,10-11H2,2-4H3,(H,18,19)(H,20,21). The SMILES string of the molecule is C=CCc1ccc(OCC(=O)NCC(C)(C)C(=O)O)c(OC)c1. The lowest BCUT2D eigenvalue weighted by molar-refractivity contribution is -0.146. The van der Waals surface area contributed by atoms with Crippen molar-refractivity contribution in [1.82, 2.24) is 5.32 Å². The molecule has 2 N–H and O–H groups in total. The van der Waals surface area contributed by atoms with Gasteiger partial charge in [0.2, 0.25) is 0 Å². The Morgan fingerprint density at radius 1 is 1.35 bits per heavy atom. The van der Waals surface area contributed by atoms with Crippen LogP contribution < -0.4 is 14.8 Å². The molecule has 1 aromatic rings. The number of nitrogens with one attached hydrogen (secondary N) is 1. The van der Waals surface area contributed by atoms with E-state index in [1.807, 2.05) is 12.1 Å². The van der Waals surface area contributed by atoms with Crippen molar-refractivity contribution in [2.75, 3.05) is 20.3 Å². The van der Waals surface area contributed by atoms with E-state index in [4.69, 9.17) is 14.6 Å². The van der Waals surface area contributed by atoms with Crippen LogP contribution in [0.3, 0.4) is 0 Å². The zero-order valence-corrected chi connectivity index (χ0v) is 13.7. The molecule has 0 saturated heterocycles. The molecule has 126 valence electrons. The summed E-state index contributed by atoms with van der Waals surface area (Å²) in [5.41, 5.74) is -0.00322. The number of ether oxygens (including phenoxy) is 2. The Kier molecular flexibility index (Phi) is 6.63. The van der Waals surface area contributed by atoms with Crippen molar-refractivity contribution in [1.29, 1.82) is 0 Å². The van der Waals surface area contributed by atoms with Gasteiger partial charge in [-0.05, 0) is 38.0 Å². The first-order chi connectivity index (χ1) is 10.8. The van der Waals surface area contributed by atoms with Crippen LogP contribution >= 0.6 is 0 Å². The molecule has 1 rings (SSSR count). The summed E-state index contributed by atoms with van der Waals surface area (Å²) in [6.45, 7) is 6.57. The number of rotatable bonds is 9. The smallest absolute Gasteiger partial charge is 0.310 e. The normalized spacial score (nSPS) is 10.7. The summed E-state index contributed by atoms with van der Waals surface area (Å²) in [5.74, 6) is -0.384. The van der Waals surface area contributed by atoms with Gasteiger partial charge < -0.3 is 19.9 Å². The number of allylic oxidation sites excluding steroid dienone is 1. The molecule has 0 aliphatic rings. The molecule has 0 spiro atoms. The Morgan fingerprint density at radius 2 is 2.04 bits per heavy atom. The molecule has 0 unspecified atom stereocenters. The Labute approximate surface area is 136 Å². The van der Waals surface area contributed by atoms with Crippen LogP contribution in [-0.2, 0) is 16.0 Å². The van der Waals surface area contributed by atoms with Gasteiger partial charge in [0.05, 0.1) is 12.5 Å². The molecule has 0 fully saturated rings. The molecule has 0 aliphatic carbocycles. The highest BCUT2D eigenvalue weighted by Gasteiger charge is 2.27. The number of amides is 1. The lowest BCUT2D eigenvalue weighted by Gasteiger charge is -2.19. The van der Waals surface area contributed by atoms with Crippen LogP contribution in [0.25, 0.3) is 0 Å². The fourth-order valence-electron chi connectivity index (χ4n) is 1.71. The minimum atomic E-state index is -1.03. The average Bonchev–Trinajstić information content (AvgIpc) is 2.51. The summed E-state index contributed by atoms with van der Waals surface area (Å²) < 4.78 is 10.7. The van der Waals surface area contributed by atoms with Crippen LogP contribution in [0.15, 0.2) is 30.9 Å². The van der Waals surface area contributed by atoms with Crippen molar-refractivity contribution in [3.8, 4) is 11.5 Å². The largest absolute Gasteiger partial charge is 0.493 e. The first-order valence-electron chi connectivity index (χ1n) is 7.21. The topological polar surface area (TPSA) is 84.9 Å². The van der Waals surface area contributed by atoms with Crippen molar-refractivity contribution in [2.24, 2.45) is 5.41 Å². The van der Waals surface area contributed by atoms with E-state index >= 15 is 0 Å². The molecular weight excluding hydrogens is 298 g/mol. The van der Waals surface area contributed by atoms with Gasteiger partial charge in [-0.2, -0.15) is 0 Å². The number of hydrogen-bond acceptors (Lipinski definition) is 4. The highest BCUT2D eigenvalue weighted by Crippen LogP contribution is 2.28. The Bertz CT molecular complexity index is 580. The van der Waals surface area contributed by atoms with Gasteiger partial charge in [-0.15, -0.1) is 6.58 Å². The number of hydrogen-bond donors (Lipinski definition) is 2. The fourth-order valence-corrected chi connectivity index (χ4v) is 1.71. The summed E-state index contributed by atoms with van der Waals surface area (Å²) in [4.78, 5) is 22.7. The van der Waals surface area contributed by atoms with E-state index in [9.17, 15) is 9.59 Å². The lowest BCUT2D eigenvalue weighted by Crippen LogP contribution is -2.40. The van der Waals surface area contributed by atoms with Crippen molar-refractivity contribution >= 4 is 11.9 Å². The molecule has 0 heterocycles. The predicted octanol–water partition coefficient (Wildman–Crippen LogP) is 2.03. The molecule has 1 aromatic carbocycles. The summed E-state index contributed by atoms with van der Waals surface area (Å²) >= 11 is 0. The summed E-state index contributed by atoms with van der Waals surface area (Å²) in [6, 6.07) is 5.42. The molecule has 6 heteroatoms. The van der Waals surface area contributed by atoms with Crippen molar-refractivity contribution in [3.05, 3.63) is 36.4 Å². The van der Waals surface area contributed by atoms with E-state index in [1.165, 1.54) is 21.0 Å². The minimum absolute atomic E-state index is 0.0277. The zero-order chi connectivity index (χ0) is 17.5. The number of carbonyl (C=O) groups excluding carboxylic acids is 1. The number of carbonyl (C=O) groups is 2. The van der Waals surface area contributed by atoms with E-state index < -0.39 is 17.3 Å². The summed E-state index contributed by atoms with van der Waals surface area (Å²) in [7, 11) is 1.52. The van der Waals surface area contributed by atoms with Gasteiger partial charge >= 0.3 is 5.97 Å². The number of benzene rings is 1. The molecule has 0 radical (unpaired) electrons. The maximum atomic E-state index is 11.8. The van der Waals surface area contributed by atoms with Crippen molar-refractivity contribution in [3.63, 3.8) is 0 Å². The van der Waals surface area contributed by atoms with Gasteiger partial charge in [0.1, 0.15) is 0 Å². The Hall–Kier alpha value is -2.50. The van der Waals surface area contributed by atoms with Gasteiger partial charge in [-0.1, -0.05) is 12.1 Å². The average molecular weight is 321 g/mol. The fraction of sp³-hybridized carbons (Fsp3) is 0.412. The second-order valence-corrected chi connectivity index (χ2v) is 5.73. The number of aliphatic carboxylic acids is 1. The van der Waals surface area contributed by atoms with Gasteiger partial charge in [-0.3, -0.25) is 9.59 Å². The first-order valence-corrected chi connectivity index (χ1v) is 7.21. The Morgan fingerprint density at radius 3 is 2.61 bits per heavy atom. The lowest BCUT2D eigenvalue weighted by atomic mass is 9.94. The maximum Gasteiger partial charge on any atom is 0.310 e. The number of carboxylic acid groups (broad SMARTS) is 1. The molecule has 0 bridgehead atoms. The van der Waals surface area contributed by atoms with Crippen LogP contribution in [0.2, 0.25) is 0 Å². The van der Waals surface area contributed by atoms with Crippen LogP contribution in [0, 0.1) is 5.41 Å². The molecule has 0 aliphatic heterocycles. The highest BCUT2D eigenvalue weighted by atomic mass is 16.5. The van der Waals surface area contributed by atoms with Crippen molar-refractivity contribution in [2.45, 2.75) is 20.3 Å². The third-order valence-corrected chi connectivity index (χ3v) is 3.27. The van der Waals surface area contributed by atoms with Gasteiger partial charge in [0.25, 0.3) is 5.91 Å². The van der Waals surface area contributed by atoms with Crippen LogP contribution in [0.5, 0.6) is 11.5 Å². The second kappa shape index (κ2) is 8.22. The molecular formula is C17H23NO5. The number of carboxylic acids is 1. The molecule has 1 amide bonds. The first kappa shape index (κ1) is 18.5. The number of methoxy groups -OCH3 is 1. The summed E-state index contributed by atoms with van der Waals surface area (Å²) in [5, 5.41) is 11.5. The van der Waals surface area contributed by atoms with Gasteiger partial charge in [0.15, 0.2) is 18.1 Å². The second-order valence-electron chi connectivity index (χ2n) is 5.73. The van der Waals surface area contributed by atoms with E-state index in [0.717, 1.165) is 5.56 Å². The van der Waals surface area contributed by atoms with Gasteiger partial charge in [-0.25, -0.2) is 0 Å². The van der Waals surface area contributed by atoms with E-state index in [1.54, 1.807) is 12.1 Å². The molecule has 0 atom stereocenters. The third-order valence-electron chi connectivity index (χ3n) is 3.27. The highest BCUT2D eigenvalue weighted by molar-refractivity contribution is 5.79. The molecule has 0 saturated carbocycles. The van der Waals surface area contributed by atoms with Gasteiger partial charge in [0, 0.05) is 6.54 Å². The van der Waals surface area contributed by atoms with Crippen LogP contribution in [0.4, 0.5) is 0 Å². The predicted molar refractivity (Wildman–Crippen MR) is 86.8 cm³/mol. The maximum absolute atomic E-state index is 11.8. The Balaban J connectivity index is 2.59. The molecule has 6 nitrogen and oxygen atoms in total. The quantitative estimate of drug-likeness (QED) is 0.680. The monoisotopic (exact) mass is 321 g/mol. The van der Waals surface area contributed by atoms with Crippen LogP contribution in [-0.4, -0.2) is 37.2 Å². The molecule has 23 heavy (non-hydrogen) atoms. The van der Waals surface area contributed by atoms with Crippen LogP contribution in [0.1, 0.15) is 19.4 Å². The van der Waals surface area contributed by atoms with Crippen molar-refractivity contribution < 1.29 is 24.2 Å². The minimum Gasteiger partial charge on any atom is -0.493 e. The van der Waals surface area contributed by atoms with E-state index in [0.29, 0.717) is 17.9 Å². The zero-order valence-electron chi connectivity index (χ0n) is 13.7. The third kappa shape index (κ3) is 5.65. The molecule has 0 aromatic heterocycles. The van der Waals surface area contributed by atoms with E-state index in [2.05, 4.69) is 11.9 Å².